The standard InChI is InChI=1S/C44H34N2/c1-31-26-37(32-10-4-3-5-11-32)18-25-44(31)46(43-20-16-33-12-6-7-15-36(33)29-43)41-23-21-40(22-24-41)45(2)42-19-17-38-27-34-13-8-9-14-35(34)28-39(38)30-42/h3-30H,1-2H3. The van der Waals surface area contributed by atoms with Crippen LogP contribution in [0.15, 0.2) is 170 Å². The minimum absolute atomic E-state index is 1.12. The number of hydrogen-bond donors (Lipinski definition) is 0. The Morgan fingerprint density at radius 1 is 0.348 bits per heavy atom. The van der Waals surface area contributed by atoms with E-state index in [-0.39, 0.29) is 0 Å². The van der Waals surface area contributed by atoms with E-state index in [9.17, 15) is 0 Å². The van der Waals surface area contributed by atoms with Crippen molar-refractivity contribution in [3.05, 3.63) is 175 Å². The van der Waals surface area contributed by atoms with Crippen molar-refractivity contribution >= 4 is 60.8 Å². The van der Waals surface area contributed by atoms with E-state index in [1.165, 1.54) is 49.0 Å². The zero-order chi connectivity index (χ0) is 31.0. The molecule has 220 valence electrons. The second-order valence-electron chi connectivity index (χ2n) is 12.0. The Bertz CT molecular complexity index is 2340. The molecule has 0 radical (unpaired) electrons. The Morgan fingerprint density at radius 3 is 1.59 bits per heavy atom. The fourth-order valence-corrected chi connectivity index (χ4v) is 6.57. The van der Waals surface area contributed by atoms with Crippen molar-refractivity contribution in [2.24, 2.45) is 0 Å². The molecular weight excluding hydrogens is 556 g/mol. The third kappa shape index (κ3) is 5.14. The van der Waals surface area contributed by atoms with Crippen molar-refractivity contribution in [3.63, 3.8) is 0 Å². The Hall–Kier alpha value is -5.86. The molecule has 0 saturated carbocycles. The molecule has 0 bridgehead atoms. The highest BCUT2D eigenvalue weighted by molar-refractivity contribution is 5.99. The van der Waals surface area contributed by atoms with Gasteiger partial charge in [0.2, 0.25) is 0 Å². The molecule has 2 nitrogen and oxygen atoms in total. The molecule has 0 atom stereocenters. The van der Waals surface area contributed by atoms with Crippen LogP contribution in [0.25, 0.3) is 43.4 Å². The van der Waals surface area contributed by atoms with Crippen LogP contribution in [-0.2, 0) is 0 Å². The van der Waals surface area contributed by atoms with Gasteiger partial charge < -0.3 is 9.80 Å². The zero-order valence-electron chi connectivity index (χ0n) is 26.1. The van der Waals surface area contributed by atoms with Gasteiger partial charge in [-0.1, -0.05) is 97.1 Å². The Labute approximate surface area is 270 Å². The van der Waals surface area contributed by atoms with Gasteiger partial charge in [0.1, 0.15) is 0 Å². The summed E-state index contributed by atoms with van der Waals surface area (Å²) in [5.41, 5.74) is 9.39. The third-order valence-corrected chi connectivity index (χ3v) is 9.11. The van der Waals surface area contributed by atoms with E-state index in [0.29, 0.717) is 0 Å². The highest BCUT2D eigenvalue weighted by Crippen LogP contribution is 2.40. The summed E-state index contributed by atoms with van der Waals surface area (Å²) >= 11 is 0. The van der Waals surface area contributed by atoms with Crippen LogP contribution in [0, 0.1) is 6.92 Å². The summed E-state index contributed by atoms with van der Waals surface area (Å²) < 4.78 is 0. The molecule has 0 amide bonds. The van der Waals surface area contributed by atoms with Gasteiger partial charge in [0.25, 0.3) is 0 Å². The SMILES string of the molecule is Cc1cc(-c2ccccc2)ccc1N(c1ccc(N(C)c2ccc3cc4ccccc4cc3c2)cc1)c1ccc2ccccc2c1. The van der Waals surface area contributed by atoms with E-state index in [1.54, 1.807) is 0 Å². The lowest BCUT2D eigenvalue weighted by Gasteiger charge is -2.28. The maximum absolute atomic E-state index is 2.38. The number of anilines is 5. The average molecular weight is 591 g/mol. The molecule has 0 aromatic heterocycles. The topological polar surface area (TPSA) is 6.48 Å². The van der Waals surface area contributed by atoms with Crippen LogP contribution in [0.3, 0.4) is 0 Å². The average Bonchev–Trinajstić information content (AvgIpc) is 3.11. The molecule has 0 fully saturated rings. The third-order valence-electron chi connectivity index (χ3n) is 9.11. The summed E-state index contributed by atoms with van der Waals surface area (Å²) in [4.78, 5) is 4.64. The maximum Gasteiger partial charge on any atom is 0.0491 e. The van der Waals surface area contributed by atoms with Crippen LogP contribution < -0.4 is 9.80 Å². The van der Waals surface area contributed by atoms with Crippen molar-refractivity contribution in [3.8, 4) is 11.1 Å². The van der Waals surface area contributed by atoms with Crippen LogP contribution in [0.4, 0.5) is 28.4 Å². The van der Waals surface area contributed by atoms with Gasteiger partial charge in [-0.3, -0.25) is 0 Å². The van der Waals surface area contributed by atoms with Gasteiger partial charge in [-0.05, 0) is 129 Å². The second-order valence-corrected chi connectivity index (χ2v) is 12.0. The van der Waals surface area contributed by atoms with E-state index < -0.39 is 0 Å². The molecule has 0 spiro atoms. The summed E-state index contributed by atoms with van der Waals surface area (Å²) in [6.45, 7) is 2.21. The van der Waals surface area contributed by atoms with Crippen LogP contribution in [-0.4, -0.2) is 7.05 Å². The van der Waals surface area contributed by atoms with E-state index in [1.807, 2.05) is 0 Å². The second kappa shape index (κ2) is 11.6. The largest absolute Gasteiger partial charge is 0.345 e. The van der Waals surface area contributed by atoms with Gasteiger partial charge in [-0.2, -0.15) is 0 Å². The van der Waals surface area contributed by atoms with E-state index >= 15 is 0 Å². The van der Waals surface area contributed by atoms with Crippen molar-refractivity contribution < 1.29 is 0 Å². The lowest BCUT2D eigenvalue weighted by molar-refractivity contribution is 1.20. The van der Waals surface area contributed by atoms with Gasteiger partial charge in [0, 0.05) is 35.5 Å². The molecule has 0 aliphatic rings. The fraction of sp³-hybridized carbons (Fsp3) is 0.0455. The predicted molar refractivity (Wildman–Crippen MR) is 198 cm³/mol. The molecule has 0 N–H and O–H groups in total. The first kappa shape index (κ1) is 27.7. The van der Waals surface area contributed by atoms with Crippen LogP contribution in [0.2, 0.25) is 0 Å². The quantitative estimate of drug-likeness (QED) is 0.178. The van der Waals surface area contributed by atoms with Gasteiger partial charge in [0.15, 0.2) is 0 Å². The lowest BCUT2D eigenvalue weighted by atomic mass is 10.0. The molecule has 0 saturated heterocycles. The molecule has 0 aliphatic heterocycles. The number of benzene rings is 8. The number of hydrogen-bond acceptors (Lipinski definition) is 2. The first-order chi connectivity index (χ1) is 22.6. The van der Waals surface area contributed by atoms with Crippen LogP contribution >= 0.6 is 0 Å². The molecule has 0 unspecified atom stereocenters. The van der Waals surface area contributed by atoms with Crippen LogP contribution in [0.5, 0.6) is 0 Å². The van der Waals surface area contributed by atoms with Crippen LogP contribution in [0.1, 0.15) is 5.56 Å². The van der Waals surface area contributed by atoms with Gasteiger partial charge in [-0.25, -0.2) is 0 Å². The number of aryl methyl sites for hydroxylation is 1. The van der Waals surface area contributed by atoms with Gasteiger partial charge in [-0.15, -0.1) is 0 Å². The lowest BCUT2D eigenvalue weighted by Crippen LogP contribution is -2.13. The van der Waals surface area contributed by atoms with Crippen molar-refractivity contribution in [2.45, 2.75) is 6.92 Å². The Kier molecular flexibility index (Phi) is 6.96. The highest BCUT2D eigenvalue weighted by Gasteiger charge is 2.17. The Morgan fingerprint density at radius 2 is 0.870 bits per heavy atom. The molecule has 0 heterocycles. The fourth-order valence-electron chi connectivity index (χ4n) is 6.57. The van der Waals surface area contributed by atoms with Gasteiger partial charge >= 0.3 is 0 Å². The minimum atomic E-state index is 1.12. The predicted octanol–water partition coefficient (Wildman–Crippen LogP) is 12.4. The molecule has 46 heavy (non-hydrogen) atoms. The zero-order valence-corrected chi connectivity index (χ0v) is 26.1. The monoisotopic (exact) mass is 590 g/mol. The number of fused-ring (bicyclic) bond motifs is 3. The summed E-state index contributed by atoms with van der Waals surface area (Å²) in [5, 5.41) is 7.50. The number of nitrogens with zero attached hydrogens (tertiary/aromatic N) is 2. The van der Waals surface area contributed by atoms with Gasteiger partial charge in [0.05, 0.1) is 0 Å². The van der Waals surface area contributed by atoms with Crippen molar-refractivity contribution in [1.29, 1.82) is 0 Å². The highest BCUT2D eigenvalue weighted by atomic mass is 15.1. The summed E-state index contributed by atoms with van der Waals surface area (Å²) in [5.74, 6) is 0. The summed E-state index contributed by atoms with van der Waals surface area (Å²) in [6, 6.07) is 61.5. The summed E-state index contributed by atoms with van der Waals surface area (Å²) in [6.07, 6.45) is 0. The smallest absolute Gasteiger partial charge is 0.0491 e. The van der Waals surface area contributed by atoms with Crippen molar-refractivity contribution in [1.82, 2.24) is 0 Å². The molecule has 8 aromatic rings. The molecular formula is C44H34N2. The molecule has 2 heteroatoms. The van der Waals surface area contributed by atoms with E-state index in [2.05, 4.69) is 194 Å². The Balaban J connectivity index is 1.17. The summed E-state index contributed by atoms with van der Waals surface area (Å²) in [7, 11) is 2.14. The van der Waals surface area contributed by atoms with Crippen molar-refractivity contribution in [2.75, 3.05) is 16.8 Å². The molecule has 8 aromatic carbocycles. The molecule has 8 rings (SSSR count). The van der Waals surface area contributed by atoms with E-state index in [4.69, 9.17) is 0 Å². The minimum Gasteiger partial charge on any atom is -0.345 e. The first-order valence-electron chi connectivity index (χ1n) is 15.8. The number of rotatable bonds is 6. The van der Waals surface area contributed by atoms with E-state index in [0.717, 1.165) is 28.4 Å². The maximum atomic E-state index is 2.38. The normalized spacial score (nSPS) is 11.3. The first-order valence-corrected chi connectivity index (χ1v) is 15.8. The molecule has 0 aliphatic carbocycles.